The second-order valence-corrected chi connectivity index (χ2v) is 8.31. The van der Waals surface area contributed by atoms with Crippen molar-refractivity contribution >= 4 is 17.1 Å². The van der Waals surface area contributed by atoms with Gasteiger partial charge in [0, 0.05) is 54.2 Å². The SMILES string of the molecule is CC1=C2NC=C(CCN3CC(CO)Oc4cc(Nc5ccncc5)ccc43)C2CC=C1. The molecule has 1 aliphatic carbocycles. The first-order valence-corrected chi connectivity index (χ1v) is 10.9. The smallest absolute Gasteiger partial charge is 0.145 e. The molecule has 3 N–H and O–H groups in total. The summed E-state index contributed by atoms with van der Waals surface area (Å²) in [6.45, 7) is 3.75. The molecule has 31 heavy (non-hydrogen) atoms. The average molecular weight is 417 g/mol. The van der Waals surface area contributed by atoms with Gasteiger partial charge < -0.3 is 25.4 Å². The van der Waals surface area contributed by atoms with E-state index < -0.39 is 0 Å². The Kier molecular flexibility index (Phi) is 5.38. The Balaban J connectivity index is 1.32. The Bertz CT molecular complexity index is 1040. The number of fused-ring (bicyclic) bond motifs is 2. The zero-order chi connectivity index (χ0) is 21.2. The van der Waals surface area contributed by atoms with E-state index in [9.17, 15) is 5.11 Å². The number of allylic oxidation sites excluding steroid dienone is 4. The lowest BCUT2D eigenvalue weighted by atomic mass is 9.87. The van der Waals surface area contributed by atoms with Crippen LogP contribution in [0.4, 0.5) is 17.1 Å². The lowest BCUT2D eigenvalue weighted by molar-refractivity contribution is 0.112. The Labute approximate surface area is 182 Å². The number of hydrogen-bond donors (Lipinski definition) is 3. The van der Waals surface area contributed by atoms with E-state index >= 15 is 0 Å². The summed E-state index contributed by atoms with van der Waals surface area (Å²) in [4.78, 5) is 6.39. The van der Waals surface area contributed by atoms with E-state index in [1.807, 2.05) is 18.2 Å². The highest BCUT2D eigenvalue weighted by Crippen LogP contribution is 2.39. The second kappa shape index (κ2) is 8.47. The lowest BCUT2D eigenvalue weighted by Crippen LogP contribution is -2.42. The zero-order valence-electron chi connectivity index (χ0n) is 17.7. The topological polar surface area (TPSA) is 69.7 Å². The van der Waals surface area contributed by atoms with Crippen molar-refractivity contribution in [2.45, 2.75) is 25.9 Å². The molecule has 1 aromatic carbocycles. The van der Waals surface area contributed by atoms with E-state index in [1.165, 1.54) is 16.8 Å². The number of hydrogen-bond acceptors (Lipinski definition) is 6. The molecule has 2 aliphatic heterocycles. The van der Waals surface area contributed by atoms with Crippen LogP contribution in [0.25, 0.3) is 0 Å². The molecular weight excluding hydrogens is 388 g/mol. The Morgan fingerprint density at radius 3 is 2.94 bits per heavy atom. The van der Waals surface area contributed by atoms with Gasteiger partial charge in [-0.05, 0) is 55.2 Å². The van der Waals surface area contributed by atoms with Crippen molar-refractivity contribution in [3.63, 3.8) is 0 Å². The van der Waals surface area contributed by atoms with E-state index in [-0.39, 0.29) is 12.7 Å². The maximum absolute atomic E-state index is 9.79. The average Bonchev–Trinajstić information content (AvgIpc) is 3.22. The maximum atomic E-state index is 9.79. The van der Waals surface area contributed by atoms with E-state index in [0.29, 0.717) is 12.5 Å². The molecule has 6 nitrogen and oxygen atoms in total. The lowest BCUT2D eigenvalue weighted by Gasteiger charge is -2.36. The fourth-order valence-electron chi connectivity index (χ4n) is 4.61. The monoisotopic (exact) mass is 416 g/mol. The van der Waals surface area contributed by atoms with E-state index in [2.05, 4.69) is 57.9 Å². The largest absolute Gasteiger partial charge is 0.484 e. The first-order chi connectivity index (χ1) is 15.2. The number of nitrogens with one attached hydrogen (secondary N) is 2. The third-order valence-electron chi connectivity index (χ3n) is 6.23. The molecule has 0 bridgehead atoms. The van der Waals surface area contributed by atoms with Gasteiger partial charge in [-0.25, -0.2) is 0 Å². The van der Waals surface area contributed by atoms with E-state index in [1.54, 1.807) is 12.4 Å². The highest BCUT2D eigenvalue weighted by Gasteiger charge is 2.29. The number of benzene rings is 1. The van der Waals surface area contributed by atoms with Crippen LogP contribution in [0.3, 0.4) is 0 Å². The summed E-state index contributed by atoms with van der Waals surface area (Å²) < 4.78 is 6.07. The van der Waals surface area contributed by atoms with Crippen LogP contribution in [0, 0.1) is 5.92 Å². The van der Waals surface area contributed by atoms with Crippen LogP contribution in [0.2, 0.25) is 0 Å². The third kappa shape index (κ3) is 4.03. The van der Waals surface area contributed by atoms with Crippen molar-refractivity contribution in [1.82, 2.24) is 10.3 Å². The number of aliphatic hydroxyl groups is 1. The van der Waals surface area contributed by atoms with Gasteiger partial charge in [-0.3, -0.25) is 4.98 Å². The molecule has 0 amide bonds. The molecule has 1 aromatic heterocycles. The van der Waals surface area contributed by atoms with Gasteiger partial charge in [0.1, 0.15) is 11.9 Å². The van der Waals surface area contributed by atoms with E-state index in [4.69, 9.17) is 4.74 Å². The number of aromatic nitrogens is 1. The normalized spacial score (nSPS) is 21.7. The summed E-state index contributed by atoms with van der Waals surface area (Å²) >= 11 is 0. The third-order valence-corrected chi connectivity index (χ3v) is 6.23. The maximum Gasteiger partial charge on any atom is 0.145 e. The molecular formula is C25H28N4O2. The minimum absolute atomic E-state index is 0.00169. The molecule has 5 rings (SSSR count). The quantitative estimate of drug-likeness (QED) is 0.658. The number of aliphatic hydroxyl groups excluding tert-OH is 1. The van der Waals surface area contributed by atoms with Crippen LogP contribution >= 0.6 is 0 Å². The first kappa shape index (κ1) is 19.7. The molecule has 3 aliphatic rings. The van der Waals surface area contributed by atoms with Crippen molar-refractivity contribution in [3.05, 3.63) is 77.9 Å². The molecule has 0 saturated carbocycles. The van der Waals surface area contributed by atoms with Gasteiger partial charge in [-0.2, -0.15) is 0 Å². The molecule has 6 heteroatoms. The van der Waals surface area contributed by atoms with Gasteiger partial charge in [0.2, 0.25) is 0 Å². The van der Waals surface area contributed by atoms with Gasteiger partial charge in [0.25, 0.3) is 0 Å². The minimum atomic E-state index is -0.227. The van der Waals surface area contributed by atoms with Crippen LogP contribution in [-0.2, 0) is 0 Å². The molecule has 0 radical (unpaired) electrons. The van der Waals surface area contributed by atoms with Gasteiger partial charge in [0.05, 0.1) is 18.8 Å². The van der Waals surface area contributed by atoms with Crippen LogP contribution in [0.1, 0.15) is 19.8 Å². The molecule has 160 valence electrons. The highest BCUT2D eigenvalue weighted by molar-refractivity contribution is 5.69. The fraction of sp³-hybridized carbons (Fsp3) is 0.320. The van der Waals surface area contributed by atoms with Gasteiger partial charge in [0.15, 0.2) is 0 Å². The standard InChI is InChI=1S/C25H28N4O2/c1-17-3-2-4-22-18(14-27-25(17)22)9-12-29-15-21(16-30)31-24-13-20(5-6-23(24)29)28-19-7-10-26-11-8-19/h2-3,5-8,10-11,13-14,21-22,27,30H,4,9,12,15-16H2,1H3,(H,26,28). The van der Waals surface area contributed by atoms with Gasteiger partial charge >= 0.3 is 0 Å². The fourth-order valence-corrected chi connectivity index (χ4v) is 4.61. The number of pyridine rings is 1. The molecule has 2 atom stereocenters. The number of anilines is 3. The Hall–Kier alpha value is -3.25. The summed E-state index contributed by atoms with van der Waals surface area (Å²) in [7, 11) is 0. The van der Waals surface area contributed by atoms with Gasteiger partial charge in [-0.15, -0.1) is 0 Å². The minimum Gasteiger partial charge on any atom is -0.484 e. The van der Waals surface area contributed by atoms with E-state index in [0.717, 1.165) is 42.2 Å². The van der Waals surface area contributed by atoms with Crippen LogP contribution in [0.5, 0.6) is 5.75 Å². The molecule has 2 aromatic rings. The van der Waals surface area contributed by atoms with Gasteiger partial charge in [-0.1, -0.05) is 12.2 Å². The van der Waals surface area contributed by atoms with Crippen molar-refractivity contribution in [2.24, 2.45) is 5.92 Å². The van der Waals surface area contributed by atoms with Crippen LogP contribution in [-0.4, -0.2) is 35.9 Å². The molecule has 0 fully saturated rings. The van der Waals surface area contributed by atoms with Crippen molar-refractivity contribution in [2.75, 3.05) is 29.9 Å². The Morgan fingerprint density at radius 1 is 1.23 bits per heavy atom. The van der Waals surface area contributed by atoms with Crippen LogP contribution < -0.4 is 20.3 Å². The number of ether oxygens (including phenoxy) is 1. The molecule has 2 unspecified atom stereocenters. The predicted molar refractivity (Wildman–Crippen MR) is 123 cm³/mol. The summed E-state index contributed by atoms with van der Waals surface area (Å²) in [6, 6.07) is 10.0. The zero-order valence-corrected chi connectivity index (χ0v) is 17.7. The van der Waals surface area contributed by atoms with Crippen molar-refractivity contribution in [3.8, 4) is 5.75 Å². The predicted octanol–water partition coefficient (Wildman–Crippen LogP) is 4.11. The summed E-state index contributed by atoms with van der Waals surface area (Å²) in [6.07, 6.45) is 12.0. The second-order valence-electron chi connectivity index (χ2n) is 8.31. The summed E-state index contributed by atoms with van der Waals surface area (Å²) in [5.74, 6) is 1.28. The number of rotatable bonds is 6. The van der Waals surface area contributed by atoms with Crippen molar-refractivity contribution in [1.29, 1.82) is 0 Å². The molecule has 0 saturated heterocycles. The summed E-state index contributed by atoms with van der Waals surface area (Å²) in [5.41, 5.74) is 7.12. The van der Waals surface area contributed by atoms with Crippen LogP contribution in [0.15, 0.2) is 77.9 Å². The number of nitrogens with zero attached hydrogens (tertiary/aromatic N) is 2. The first-order valence-electron chi connectivity index (χ1n) is 10.9. The highest BCUT2D eigenvalue weighted by atomic mass is 16.5. The molecule has 0 spiro atoms. The van der Waals surface area contributed by atoms with Crippen molar-refractivity contribution < 1.29 is 9.84 Å². The Morgan fingerprint density at radius 2 is 2.10 bits per heavy atom. The molecule has 3 heterocycles. The summed E-state index contributed by atoms with van der Waals surface area (Å²) in [5, 5.41) is 16.7.